The lowest BCUT2D eigenvalue weighted by atomic mass is 10.0. The van der Waals surface area contributed by atoms with E-state index in [1.165, 1.54) is 13.8 Å². The number of rotatable bonds is 5. The lowest BCUT2D eigenvalue weighted by Crippen LogP contribution is -2.45. The number of alkyl halides is 2. The molecule has 0 saturated heterocycles. The van der Waals surface area contributed by atoms with Gasteiger partial charge in [0.2, 0.25) is 5.91 Å². The highest BCUT2D eigenvalue weighted by Crippen LogP contribution is 2.32. The number of non-ortho nitro benzene ring substituents is 1. The SMILES string of the molecule is CC(C)(Nc1ccc([N+](=O)[O-])cc1C(F)F)C(N)=O. The van der Waals surface area contributed by atoms with E-state index in [4.69, 9.17) is 5.73 Å². The maximum Gasteiger partial charge on any atom is 0.270 e. The molecule has 1 aromatic rings. The Balaban J connectivity index is 3.21. The predicted octanol–water partition coefficient (Wildman–Crippen LogP) is 2.21. The molecule has 8 heteroatoms. The van der Waals surface area contributed by atoms with E-state index in [-0.39, 0.29) is 5.69 Å². The van der Waals surface area contributed by atoms with Crippen LogP contribution < -0.4 is 11.1 Å². The lowest BCUT2D eigenvalue weighted by molar-refractivity contribution is -0.385. The molecule has 0 unspecified atom stereocenters. The minimum Gasteiger partial charge on any atom is -0.371 e. The summed E-state index contributed by atoms with van der Waals surface area (Å²) in [5.74, 6) is -0.730. The highest BCUT2D eigenvalue weighted by Gasteiger charge is 2.27. The number of benzene rings is 1. The molecule has 0 radical (unpaired) electrons. The summed E-state index contributed by atoms with van der Waals surface area (Å²) in [6, 6.07) is 2.97. The van der Waals surface area contributed by atoms with E-state index in [2.05, 4.69) is 5.32 Å². The van der Waals surface area contributed by atoms with Gasteiger partial charge < -0.3 is 11.1 Å². The summed E-state index contributed by atoms with van der Waals surface area (Å²) >= 11 is 0. The number of nitrogens with two attached hydrogens (primary N) is 1. The Bertz CT molecular complexity index is 518. The van der Waals surface area contributed by atoms with Gasteiger partial charge in [0.25, 0.3) is 12.1 Å². The number of nitrogens with zero attached hydrogens (tertiary/aromatic N) is 1. The average molecular weight is 273 g/mol. The van der Waals surface area contributed by atoms with Crippen molar-refractivity contribution in [1.29, 1.82) is 0 Å². The molecule has 1 aromatic carbocycles. The predicted molar refractivity (Wildman–Crippen MR) is 64.9 cm³/mol. The third-order valence-corrected chi connectivity index (χ3v) is 2.54. The van der Waals surface area contributed by atoms with E-state index >= 15 is 0 Å². The monoisotopic (exact) mass is 273 g/mol. The second kappa shape index (κ2) is 5.17. The number of primary amides is 1. The number of carbonyl (C=O) groups excluding carboxylic acids is 1. The fourth-order valence-corrected chi connectivity index (χ4v) is 1.36. The highest BCUT2D eigenvalue weighted by molar-refractivity contribution is 5.87. The molecule has 0 aliphatic heterocycles. The zero-order valence-corrected chi connectivity index (χ0v) is 10.3. The fourth-order valence-electron chi connectivity index (χ4n) is 1.36. The van der Waals surface area contributed by atoms with Crippen LogP contribution in [-0.4, -0.2) is 16.4 Å². The van der Waals surface area contributed by atoms with E-state index in [9.17, 15) is 23.7 Å². The lowest BCUT2D eigenvalue weighted by Gasteiger charge is -2.25. The van der Waals surface area contributed by atoms with Gasteiger partial charge in [0.1, 0.15) is 5.54 Å². The van der Waals surface area contributed by atoms with Crippen molar-refractivity contribution in [3.05, 3.63) is 33.9 Å². The van der Waals surface area contributed by atoms with Gasteiger partial charge in [0, 0.05) is 23.4 Å². The quantitative estimate of drug-likeness (QED) is 0.634. The second-order valence-corrected chi connectivity index (χ2v) is 4.44. The van der Waals surface area contributed by atoms with Gasteiger partial charge >= 0.3 is 0 Å². The van der Waals surface area contributed by atoms with Crippen LogP contribution in [0.25, 0.3) is 0 Å². The normalized spacial score (nSPS) is 11.4. The first-order valence-electron chi connectivity index (χ1n) is 5.29. The summed E-state index contributed by atoms with van der Waals surface area (Å²) in [6.07, 6.45) is -2.91. The second-order valence-electron chi connectivity index (χ2n) is 4.44. The van der Waals surface area contributed by atoms with Crippen LogP contribution in [0.4, 0.5) is 20.2 Å². The third kappa shape index (κ3) is 3.36. The molecule has 0 spiro atoms. The van der Waals surface area contributed by atoms with Gasteiger partial charge in [-0.25, -0.2) is 8.78 Å². The van der Waals surface area contributed by atoms with E-state index in [1.54, 1.807) is 0 Å². The van der Waals surface area contributed by atoms with Crippen molar-refractivity contribution in [1.82, 2.24) is 0 Å². The van der Waals surface area contributed by atoms with Crippen molar-refractivity contribution in [2.45, 2.75) is 25.8 Å². The Kier molecular flexibility index (Phi) is 4.03. The molecule has 0 saturated carbocycles. The van der Waals surface area contributed by atoms with E-state index in [0.29, 0.717) is 0 Å². The smallest absolute Gasteiger partial charge is 0.270 e. The fraction of sp³-hybridized carbons (Fsp3) is 0.364. The first kappa shape index (κ1) is 14.8. The summed E-state index contributed by atoms with van der Waals surface area (Å²) in [7, 11) is 0. The first-order valence-corrected chi connectivity index (χ1v) is 5.29. The minimum atomic E-state index is -2.91. The summed E-state index contributed by atoms with van der Waals surface area (Å²) in [4.78, 5) is 20.9. The van der Waals surface area contributed by atoms with Crippen molar-refractivity contribution >= 4 is 17.3 Å². The van der Waals surface area contributed by atoms with Crippen LogP contribution in [0.2, 0.25) is 0 Å². The molecule has 0 bridgehead atoms. The summed E-state index contributed by atoms with van der Waals surface area (Å²) in [5, 5.41) is 13.1. The minimum absolute atomic E-state index is 0.0654. The molecule has 0 aliphatic rings. The molecule has 0 heterocycles. The van der Waals surface area contributed by atoms with E-state index in [0.717, 1.165) is 18.2 Å². The largest absolute Gasteiger partial charge is 0.371 e. The number of hydrogen-bond acceptors (Lipinski definition) is 4. The number of nitro groups is 1. The van der Waals surface area contributed by atoms with E-state index in [1.807, 2.05) is 0 Å². The number of nitro benzene ring substituents is 1. The standard InChI is InChI=1S/C11H13F2N3O3/c1-11(2,10(14)17)15-8-4-3-6(16(18)19)5-7(8)9(12)13/h3-5,9,15H,1-2H3,(H2,14,17). The van der Waals surface area contributed by atoms with Crippen molar-refractivity contribution in [3.63, 3.8) is 0 Å². The Hall–Kier alpha value is -2.25. The van der Waals surface area contributed by atoms with Gasteiger partial charge in [-0.2, -0.15) is 0 Å². The maximum absolute atomic E-state index is 12.9. The van der Waals surface area contributed by atoms with Gasteiger partial charge in [-0.1, -0.05) is 0 Å². The zero-order chi connectivity index (χ0) is 14.8. The Morgan fingerprint density at radius 3 is 2.47 bits per heavy atom. The van der Waals surface area contributed by atoms with Gasteiger partial charge in [-0.3, -0.25) is 14.9 Å². The van der Waals surface area contributed by atoms with Gasteiger partial charge in [-0.15, -0.1) is 0 Å². The van der Waals surface area contributed by atoms with Crippen LogP contribution in [-0.2, 0) is 4.79 Å². The van der Waals surface area contributed by atoms with Crippen molar-refractivity contribution in [2.75, 3.05) is 5.32 Å². The molecule has 19 heavy (non-hydrogen) atoms. The Morgan fingerprint density at radius 1 is 1.47 bits per heavy atom. The van der Waals surface area contributed by atoms with Crippen LogP contribution in [0.1, 0.15) is 25.8 Å². The molecule has 1 rings (SSSR count). The number of amides is 1. The maximum atomic E-state index is 12.9. The summed E-state index contributed by atoms with van der Waals surface area (Å²) in [5.41, 5.74) is 2.81. The van der Waals surface area contributed by atoms with Crippen molar-refractivity contribution in [3.8, 4) is 0 Å². The Labute approximate surface area is 107 Å². The van der Waals surface area contributed by atoms with Crippen LogP contribution >= 0.6 is 0 Å². The number of carbonyl (C=O) groups is 1. The molecule has 0 aliphatic carbocycles. The molecule has 0 fully saturated rings. The van der Waals surface area contributed by atoms with Crippen molar-refractivity contribution < 1.29 is 18.5 Å². The molecule has 3 N–H and O–H groups in total. The summed E-state index contributed by atoms with van der Waals surface area (Å²) < 4.78 is 25.7. The van der Waals surface area contributed by atoms with Crippen molar-refractivity contribution in [2.24, 2.45) is 5.73 Å². The molecule has 6 nitrogen and oxygen atoms in total. The summed E-state index contributed by atoms with van der Waals surface area (Å²) in [6.45, 7) is 2.85. The van der Waals surface area contributed by atoms with Crippen LogP contribution in [0, 0.1) is 10.1 Å². The number of anilines is 1. The highest BCUT2D eigenvalue weighted by atomic mass is 19.3. The Morgan fingerprint density at radius 2 is 2.05 bits per heavy atom. The topological polar surface area (TPSA) is 98.3 Å². The molecule has 1 amide bonds. The van der Waals surface area contributed by atoms with Gasteiger partial charge in [0.05, 0.1) is 4.92 Å². The first-order chi connectivity index (χ1) is 8.65. The molecule has 0 atom stereocenters. The number of halogens is 2. The van der Waals surface area contributed by atoms with Gasteiger partial charge in [0.15, 0.2) is 0 Å². The van der Waals surface area contributed by atoms with E-state index < -0.39 is 34.0 Å². The van der Waals surface area contributed by atoms with Crippen LogP contribution in [0.15, 0.2) is 18.2 Å². The van der Waals surface area contributed by atoms with Crippen LogP contribution in [0.3, 0.4) is 0 Å². The molecule has 104 valence electrons. The zero-order valence-electron chi connectivity index (χ0n) is 10.3. The third-order valence-electron chi connectivity index (χ3n) is 2.54. The average Bonchev–Trinajstić information content (AvgIpc) is 2.28. The number of nitrogens with one attached hydrogen (secondary N) is 1. The van der Waals surface area contributed by atoms with Gasteiger partial charge in [-0.05, 0) is 19.9 Å². The molecular formula is C11H13F2N3O3. The van der Waals surface area contributed by atoms with Crippen LogP contribution in [0.5, 0.6) is 0 Å². The number of hydrogen-bond donors (Lipinski definition) is 2. The molecular weight excluding hydrogens is 260 g/mol. The molecule has 0 aromatic heterocycles.